The van der Waals surface area contributed by atoms with Gasteiger partial charge in [-0.1, -0.05) is 23.5 Å². The van der Waals surface area contributed by atoms with Gasteiger partial charge in [0.25, 0.3) is 5.69 Å². The molecule has 0 spiro atoms. The van der Waals surface area contributed by atoms with Crippen LogP contribution in [0.15, 0.2) is 41.4 Å². The Hall–Kier alpha value is -3.67. The van der Waals surface area contributed by atoms with E-state index >= 15 is 0 Å². The summed E-state index contributed by atoms with van der Waals surface area (Å²) >= 11 is 1.19. The first-order chi connectivity index (χ1) is 12.3. The van der Waals surface area contributed by atoms with Crippen molar-refractivity contribution < 1.29 is 14.8 Å². The highest BCUT2D eigenvalue weighted by Gasteiger charge is 2.30. The highest BCUT2D eigenvalue weighted by molar-refractivity contribution is 7.16. The number of thiazole rings is 1. The topological polar surface area (TPSA) is 147 Å². The zero-order valence-electron chi connectivity index (χ0n) is 13.1. The molecule has 1 heterocycles. The smallest absolute Gasteiger partial charge is 0.308 e. The number of fused-ring (bicyclic) bond motifs is 1. The standard InChI is InChI=1S/C14H9N5O6S/c1-16-9-4-2-3-5-12(9)26-14(16)15-13-10(18(22)23)6-8(17(20)21)7-11(13)19(24)25/h2-7H,1H3. The van der Waals surface area contributed by atoms with Gasteiger partial charge in [0, 0.05) is 7.05 Å². The summed E-state index contributed by atoms with van der Waals surface area (Å²) in [5.41, 5.74) is -2.09. The average molecular weight is 375 g/mol. The highest BCUT2D eigenvalue weighted by atomic mass is 32.1. The minimum Gasteiger partial charge on any atom is -0.320 e. The fraction of sp³-hybridized carbons (Fsp3) is 0.0714. The van der Waals surface area contributed by atoms with Gasteiger partial charge >= 0.3 is 11.4 Å². The number of nitro groups is 3. The quantitative estimate of drug-likeness (QED) is 0.505. The van der Waals surface area contributed by atoms with E-state index in [1.54, 1.807) is 23.7 Å². The molecule has 2 aromatic carbocycles. The molecule has 132 valence electrons. The molecular weight excluding hydrogens is 366 g/mol. The number of aromatic nitrogens is 1. The third-order valence-electron chi connectivity index (χ3n) is 3.58. The normalized spacial score (nSPS) is 11.7. The molecule has 0 unspecified atom stereocenters. The Balaban J connectivity index is 2.39. The number of non-ortho nitro benzene ring substituents is 1. The van der Waals surface area contributed by atoms with Gasteiger partial charge in [-0.3, -0.25) is 30.3 Å². The van der Waals surface area contributed by atoms with Crippen LogP contribution < -0.4 is 4.80 Å². The molecule has 1 aromatic heterocycles. The molecule has 3 rings (SSSR count). The lowest BCUT2D eigenvalue weighted by Gasteiger charge is -2.00. The van der Waals surface area contributed by atoms with E-state index < -0.39 is 37.5 Å². The molecule has 0 fully saturated rings. The predicted octanol–water partition coefficient (Wildman–Crippen LogP) is 3.20. The zero-order valence-corrected chi connectivity index (χ0v) is 13.9. The Morgan fingerprint density at radius 3 is 2.04 bits per heavy atom. The third-order valence-corrected chi connectivity index (χ3v) is 4.69. The van der Waals surface area contributed by atoms with Crippen LogP contribution in [0, 0.1) is 30.3 Å². The molecule has 0 atom stereocenters. The van der Waals surface area contributed by atoms with E-state index in [9.17, 15) is 30.3 Å². The van der Waals surface area contributed by atoms with Crippen molar-refractivity contribution >= 4 is 44.3 Å². The average Bonchev–Trinajstić information content (AvgIpc) is 2.90. The Bertz CT molecular complexity index is 1110. The lowest BCUT2D eigenvalue weighted by Crippen LogP contribution is -2.10. The van der Waals surface area contributed by atoms with Crippen LogP contribution in [0.2, 0.25) is 0 Å². The third kappa shape index (κ3) is 2.88. The molecule has 0 aliphatic rings. The van der Waals surface area contributed by atoms with Crippen LogP contribution >= 0.6 is 11.3 Å². The zero-order chi connectivity index (χ0) is 19.0. The van der Waals surface area contributed by atoms with Crippen LogP contribution in [-0.4, -0.2) is 19.3 Å². The number of hydrogen-bond donors (Lipinski definition) is 0. The maximum Gasteiger partial charge on any atom is 0.308 e. The van der Waals surface area contributed by atoms with Gasteiger partial charge in [0.1, 0.15) is 0 Å². The molecule has 0 N–H and O–H groups in total. The van der Waals surface area contributed by atoms with Crippen LogP contribution in [0.4, 0.5) is 22.7 Å². The fourth-order valence-electron chi connectivity index (χ4n) is 2.37. The van der Waals surface area contributed by atoms with Crippen LogP contribution in [-0.2, 0) is 7.05 Å². The maximum atomic E-state index is 11.3. The van der Waals surface area contributed by atoms with Gasteiger partial charge in [0.2, 0.25) is 5.69 Å². The number of nitro benzene ring substituents is 3. The summed E-state index contributed by atoms with van der Waals surface area (Å²) in [4.78, 5) is 35.2. The van der Waals surface area contributed by atoms with Crippen molar-refractivity contribution in [3.8, 4) is 0 Å². The van der Waals surface area contributed by atoms with Crippen molar-refractivity contribution in [1.82, 2.24) is 4.57 Å². The van der Waals surface area contributed by atoms with E-state index in [-0.39, 0.29) is 4.80 Å². The first-order valence-electron chi connectivity index (χ1n) is 7.00. The van der Waals surface area contributed by atoms with Crippen LogP contribution in [0.3, 0.4) is 0 Å². The van der Waals surface area contributed by atoms with E-state index in [4.69, 9.17) is 0 Å². The first kappa shape index (κ1) is 17.2. The van der Waals surface area contributed by atoms with Crippen molar-refractivity contribution in [3.63, 3.8) is 0 Å². The SMILES string of the molecule is Cn1c(=Nc2c([N+](=O)[O-])cc([N+](=O)[O-])cc2[N+](=O)[O-])sc2ccccc21. The van der Waals surface area contributed by atoms with E-state index in [0.29, 0.717) is 12.1 Å². The molecule has 26 heavy (non-hydrogen) atoms. The van der Waals surface area contributed by atoms with E-state index in [1.807, 2.05) is 12.1 Å². The molecule has 0 saturated heterocycles. The minimum absolute atomic E-state index is 0.284. The van der Waals surface area contributed by atoms with Crippen molar-refractivity contribution in [2.45, 2.75) is 0 Å². The number of benzene rings is 2. The lowest BCUT2D eigenvalue weighted by atomic mass is 10.2. The molecule has 0 amide bonds. The number of rotatable bonds is 4. The number of para-hydroxylation sites is 1. The molecule has 0 saturated carbocycles. The molecular formula is C14H9N5O6S. The van der Waals surface area contributed by atoms with Gasteiger partial charge in [-0.05, 0) is 12.1 Å². The summed E-state index contributed by atoms with van der Waals surface area (Å²) in [5, 5.41) is 33.6. The highest BCUT2D eigenvalue weighted by Crippen LogP contribution is 2.40. The summed E-state index contributed by atoms with van der Waals surface area (Å²) in [7, 11) is 1.67. The number of nitrogens with zero attached hydrogens (tertiary/aromatic N) is 5. The molecule has 0 aliphatic carbocycles. The monoisotopic (exact) mass is 375 g/mol. The largest absolute Gasteiger partial charge is 0.320 e. The number of hydrogen-bond acceptors (Lipinski definition) is 8. The van der Waals surface area contributed by atoms with Crippen molar-refractivity contribution in [2.24, 2.45) is 12.0 Å². The van der Waals surface area contributed by atoms with E-state index in [1.165, 1.54) is 11.3 Å². The van der Waals surface area contributed by atoms with Gasteiger partial charge in [-0.2, -0.15) is 0 Å². The second-order valence-corrected chi connectivity index (χ2v) is 6.14. The Labute approximate surface area is 147 Å². The summed E-state index contributed by atoms with van der Waals surface area (Å²) in [6.45, 7) is 0. The minimum atomic E-state index is -0.927. The van der Waals surface area contributed by atoms with Crippen molar-refractivity contribution in [1.29, 1.82) is 0 Å². The molecule has 0 bridgehead atoms. The van der Waals surface area contributed by atoms with Gasteiger partial charge < -0.3 is 4.57 Å². The Morgan fingerprint density at radius 1 is 0.962 bits per heavy atom. The number of aryl methyl sites for hydroxylation is 1. The maximum absolute atomic E-state index is 11.3. The Kier molecular flexibility index (Phi) is 4.18. The summed E-state index contributed by atoms with van der Waals surface area (Å²) in [6, 6.07) is 8.56. The summed E-state index contributed by atoms with van der Waals surface area (Å²) in [6.07, 6.45) is 0. The van der Waals surface area contributed by atoms with Gasteiger partial charge in [0.15, 0.2) is 4.80 Å². The van der Waals surface area contributed by atoms with Crippen LogP contribution in [0.1, 0.15) is 0 Å². The van der Waals surface area contributed by atoms with E-state index in [0.717, 1.165) is 10.2 Å². The summed E-state index contributed by atoms with van der Waals surface area (Å²) < 4.78 is 2.47. The lowest BCUT2D eigenvalue weighted by molar-refractivity contribution is -0.402. The second kappa shape index (κ2) is 6.33. The van der Waals surface area contributed by atoms with Crippen molar-refractivity contribution in [3.05, 3.63) is 71.5 Å². The summed E-state index contributed by atoms with van der Waals surface area (Å²) in [5.74, 6) is 0. The molecule has 3 aromatic rings. The Morgan fingerprint density at radius 2 is 1.54 bits per heavy atom. The van der Waals surface area contributed by atoms with Crippen LogP contribution in [0.5, 0.6) is 0 Å². The van der Waals surface area contributed by atoms with E-state index in [2.05, 4.69) is 4.99 Å². The molecule has 0 radical (unpaired) electrons. The van der Waals surface area contributed by atoms with Crippen molar-refractivity contribution in [2.75, 3.05) is 0 Å². The second-order valence-electron chi connectivity index (χ2n) is 5.13. The van der Waals surface area contributed by atoms with Crippen LogP contribution in [0.25, 0.3) is 10.2 Å². The van der Waals surface area contributed by atoms with Gasteiger partial charge in [-0.25, -0.2) is 4.99 Å². The fourth-order valence-corrected chi connectivity index (χ4v) is 3.40. The predicted molar refractivity (Wildman–Crippen MR) is 92.4 cm³/mol. The first-order valence-corrected chi connectivity index (χ1v) is 7.81. The van der Waals surface area contributed by atoms with Gasteiger partial charge in [0.05, 0.1) is 37.1 Å². The molecule has 0 aliphatic heterocycles. The molecule has 11 nitrogen and oxygen atoms in total. The molecule has 12 heteroatoms. The van der Waals surface area contributed by atoms with Gasteiger partial charge in [-0.15, -0.1) is 0 Å².